The number of aliphatic hydroxyl groups excluding tert-OH is 1. The highest BCUT2D eigenvalue weighted by molar-refractivity contribution is 5.16. The summed E-state index contributed by atoms with van der Waals surface area (Å²) in [7, 11) is 0. The molecule has 5 heteroatoms. The fourth-order valence-corrected chi connectivity index (χ4v) is 3.04. The lowest BCUT2D eigenvalue weighted by atomic mass is 10.1. The van der Waals surface area contributed by atoms with Crippen LogP contribution in [0.25, 0.3) is 0 Å². The summed E-state index contributed by atoms with van der Waals surface area (Å²) in [5.41, 5.74) is 3.28. The Kier molecular flexibility index (Phi) is 6.94. The van der Waals surface area contributed by atoms with Crippen LogP contribution < -0.4 is 0 Å². The van der Waals surface area contributed by atoms with Crippen LogP contribution in [0.3, 0.4) is 0 Å². The van der Waals surface area contributed by atoms with E-state index in [0.29, 0.717) is 0 Å². The molecule has 0 fully saturated rings. The van der Waals surface area contributed by atoms with Crippen LogP contribution in [0.5, 0.6) is 0 Å². The predicted molar refractivity (Wildman–Crippen MR) is 94.3 cm³/mol. The number of nitrogens with zero attached hydrogens (tertiary/aromatic N) is 3. The lowest BCUT2D eigenvalue weighted by Gasteiger charge is -2.30. The van der Waals surface area contributed by atoms with Gasteiger partial charge in [-0.25, -0.2) is 4.39 Å². The molecular formula is C19H28FN3O. The number of aliphatic hydroxyl groups is 1. The maximum atomic E-state index is 13.1. The maximum Gasteiger partial charge on any atom is 0.123 e. The van der Waals surface area contributed by atoms with E-state index in [2.05, 4.69) is 29.9 Å². The molecule has 2 aromatic rings. The van der Waals surface area contributed by atoms with Gasteiger partial charge in [0.25, 0.3) is 0 Å². The third kappa shape index (κ3) is 5.14. The third-order valence-electron chi connectivity index (χ3n) is 4.42. The zero-order valence-corrected chi connectivity index (χ0v) is 14.9. The number of aryl methyl sites for hydroxylation is 3. The average Bonchev–Trinajstić information content (AvgIpc) is 2.88. The summed E-state index contributed by atoms with van der Waals surface area (Å²) >= 11 is 0. The van der Waals surface area contributed by atoms with Crippen LogP contribution in [0.1, 0.15) is 36.7 Å². The van der Waals surface area contributed by atoms with Crippen LogP contribution in [0.2, 0.25) is 0 Å². The van der Waals surface area contributed by atoms with Gasteiger partial charge in [0.15, 0.2) is 0 Å². The second-order valence-corrected chi connectivity index (χ2v) is 6.35. The van der Waals surface area contributed by atoms with Gasteiger partial charge in [-0.2, -0.15) is 5.10 Å². The number of rotatable bonds is 9. The van der Waals surface area contributed by atoms with Crippen LogP contribution in [-0.4, -0.2) is 39.0 Å². The van der Waals surface area contributed by atoms with Gasteiger partial charge >= 0.3 is 0 Å². The van der Waals surface area contributed by atoms with E-state index in [9.17, 15) is 9.50 Å². The summed E-state index contributed by atoms with van der Waals surface area (Å²) in [6, 6.07) is 8.81. The summed E-state index contributed by atoms with van der Waals surface area (Å²) < 4.78 is 15.1. The molecule has 1 aromatic heterocycles. The van der Waals surface area contributed by atoms with E-state index in [4.69, 9.17) is 0 Å². The van der Waals surface area contributed by atoms with Crippen molar-refractivity contribution >= 4 is 0 Å². The SMILES string of the molecule is CC[C@@H](CO)N(CCCn1nc(C)cc1C)Cc1ccc(F)cc1. The highest BCUT2D eigenvalue weighted by Crippen LogP contribution is 2.13. The molecule has 0 unspecified atom stereocenters. The largest absolute Gasteiger partial charge is 0.395 e. The molecule has 0 aliphatic heterocycles. The van der Waals surface area contributed by atoms with Crippen molar-refractivity contribution in [2.24, 2.45) is 0 Å². The summed E-state index contributed by atoms with van der Waals surface area (Å²) in [5, 5.41) is 14.2. The second-order valence-electron chi connectivity index (χ2n) is 6.35. The van der Waals surface area contributed by atoms with Crippen molar-refractivity contribution in [1.82, 2.24) is 14.7 Å². The number of benzene rings is 1. The van der Waals surface area contributed by atoms with Crippen molar-refractivity contribution in [3.8, 4) is 0 Å². The van der Waals surface area contributed by atoms with Gasteiger partial charge in [0.2, 0.25) is 0 Å². The molecule has 1 heterocycles. The molecule has 0 radical (unpaired) electrons. The van der Waals surface area contributed by atoms with E-state index in [1.807, 2.05) is 23.7 Å². The van der Waals surface area contributed by atoms with Crippen LogP contribution in [-0.2, 0) is 13.1 Å². The van der Waals surface area contributed by atoms with Crippen molar-refractivity contribution in [3.05, 3.63) is 53.1 Å². The van der Waals surface area contributed by atoms with E-state index >= 15 is 0 Å². The molecular weight excluding hydrogens is 305 g/mol. The van der Waals surface area contributed by atoms with E-state index in [1.54, 1.807) is 0 Å². The first kappa shape index (κ1) is 18.6. The Morgan fingerprint density at radius 2 is 1.96 bits per heavy atom. The van der Waals surface area contributed by atoms with Crippen molar-refractivity contribution in [3.63, 3.8) is 0 Å². The van der Waals surface area contributed by atoms with Crippen molar-refractivity contribution in [2.45, 2.75) is 52.7 Å². The Labute approximate surface area is 143 Å². The van der Waals surface area contributed by atoms with Crippen molar-refractivity contribution in [2.75, 3.05) is 13.2 Å². The highest BCUT2D eigenvalue weighted by atomic mass is 19.1. The lowest BCUT2D eigenvalue weighted by Crippen LogP contribution is -2.38. The topological polar surface area (TPSA) is 41.3 Å². The fourth-order valence-electron chi connectivity index (χ4n) is 3.04. The minimum atomic E-state index is -0.218. The molecule has 4 nitrogen and oxygen atoms in total. The molecule has 1 aromatic carbocycles. The second kappa shape index (κ2) is 8.94. The van der Waals surface area contributed by atoms with Crippen molar-refractivity contribution < 1.29 is 9.50 Å². The molecule has 24 heavy (non-hydrogen) atoms. The molecule has 0 saturated heterocycles. The predicted octanol–water partition coefficient (Wildman–Crippen LogP) is 3.30. The third-order valence-corrected chi connectivity index (χ3v) is 4.42. The summed E-state index contributed by atoms with van der Waals surface area (Å²) in [6.07, 6.45) is 1.84. The van der Waals surface area contributed by atoms with Gasteiger partial charge in [0.1, 0.15) is 5.82 Å². The summed E-state index contributed by atoms with van der Waals surface area (Å²) in [4.78, 5) is 2.28. The molecule has 0 aliphatic rings. The van der Waals surface area contributed by atoms with E-state index in [1.165, 1.54) is 17.8 Å². The Bertz CT molecular complexity index is 620. The normalized spacial score (nSPS) is 12.8. The highest BCUT2D eigenvalue weighted by Gasteiger charge is 2.16. The lowest BCUT2D eigenvalue weighted by molar-refractivity contribution is 0.110. The first-order chi connectivity index (χ1) is 11.5. The quantitative estimate of drug-likeness (QED) is 0.765. The van der Waals surface area contributed by atoms with Gasteiger partial charge < -0.3 is 5.11 Å². The van der Waals surface area contributed by atoms with Gasteiger partial charge in [0.05, 0.1) is 12.3 Å². The van der Waals surface area contributed by atoms with Gasteiger partial charge in [0, 0.05) is 31.4 Å². The van der Waals surface area contributed by atoms with Crippen LogP contribution in [0.4, 0.5) is 4.39 Å². The average molecular weight is 333 g/mol. The standard InChI is InChI=1S/C19H28FN3O/c1-4-19(14-24)22(13-17-6-8-18(20)9-7-17)10-5-11-23-16(3)12-15(2)21-23/h6-9,12,19,24H,4-5,10-11,13-14H2,1-3H3/t19-/m0/s1. The number of hydrogen-bond acceptors (Lipinski definition) is 3. The van der Waals surface area contributed by atoms with E-state index in [0.717, 1.165) is 43.7 Å². The molecule has 0 saturated carbocycles. The molecule has 0 bridgehead atoms. The first-order valence-electron chi connectivity index (χ1n) is 8.64. The molecule has 1 N–H and O–H groups in total. The Morgan fingerprint density at radius 3 is 2.50 bits per heavy atom. The molecule has 0 aliphatic carbocycles. The minimum Gasteiger partial charge on any atom is -0.395 e. The smallest absolute Gasteiger partial charge is 0.123 e. The number of aromatic nitrogens is 2. The first-order valence-corrected chi connectivity index (χ1v) is 8.64. The molecule has 0 amide bonds. The monoisotopic (exact) mass is 333 g/mol. The van der Waals surface area contributed by atoms with Crippen LogP contribution in [0.15, 0.2) is 30.3 Å². The van der Waals surface area contributed by atoms with Crippen molar-refractivity contribution in [1.29, 1.82) is 0 Å². The van der Waals surface area contributed by atoms with Crippen LogP contribution in [0, 0.1) is 19.7 Å². The van der Waals surface area contributed by atoms with Gasteiger partial charge in [-0.1, -0.05) is 19.1 Å². The molecule has 1 atom stereocenters. The zero-order chi connectivity index (χ0) is 17.5. The molecule has 0 spiro atoms. The fraction of sp³-hybridized carbons (Fsp3) is 0.526. The summed E-state index contributed by atoms with van der Waals surface area (Å²) in [5.74, 6) is -0.218. The van der Waals surface area contributed by atoms with Gasteiger partial charge in [-0.3, -0.25) is 9.58 Å². The Morgan fingerprint density at radius 1 is 1.25 bits per heavy atom. The minimum absolute atomic E-state index is 0.121. The maximum absolute atomic E-state index is 13.1. The van der Waals surface area contributed by atoms with Gasteiger partial charge in [-0.05, 0) is 50.5 Å². The Hall–Kier alpha value is -1.72. The van der Waals surface area contributed by atoms with Crippen LogP contribution >= 0.6 is 0 Å². The molecule has 2 rings (SSSR count). The Balaban J connectivity index is 1.97. The summed E-state index contributed by atoms with van der Waals surface area (Å²) in [6.45, 7) is 8.74. The number of halogens is 1. The van der Waals surface area contributed by atoms with Gasteiger partial charge in [-0.15, -0.1) is 0 Å². The molecule has 132 valence electrons. The van der Waals surface area contributed by atoms with E-state index < -0.39 is 0 Å². The number of hydrogen-bond donors (Lipinski definition) is 1. The zero-order valence-electron chi connectivity index (χ0n) is 14.9. The van der Waals surface area contributed by atoms with E-state index in [-0.39, 0.29) is 18.5 Å².